The molecule has 0 aliphatic rings. The van der Waals surface area contributed by atoms with Crippen molar-refractivity contribution in [2.45, 2.75) is 18.2 Å². The zero-order valence-corrected chi connectivity index (χ0v) is 16.7. The molecule has 2 aromatic carbocycles. The van der Waals surface area contributed by atoms with Crippen molar-refractivity contribution in [3.05, 3.63) is 48.0 Å². The summed E-state index contributed by atoms with van der Waals surface area (Å²) in [6.45, 7) is 2.15. The van der Waals surface area contributed by atoms with E-state index in [9.17, 15) is 13.2 Å². The molecule has 146 valence electrons. The van der Waals surface area contributed by atoms with Crippen molar-refractivity contribution in [3.8, 4) is 11.5 Å². The average molecular weight is 392 g/mol. The van der Waals surface area contributed by atoms with Gasteiger partial charge >= 0.3 is 0 Å². The molecule has 0 saturated carbocycles. The molecular weight excluding hydrogens is 368 g/mol. The molecule has 0 aliphatic carbocycles. The lowest BCUT2D eigenvalue weighted by atomic mass is 10.2. The van der Waals surface area contributed by atoms with Crippen LogP contribution in [0.3, 0.4) is 0 Å². The van der Waals surface area contributed by atoms with E-state index in [2.05, 4.69) is 5.32 Å². The van der Waals surface area contributed by atoms with Crippen LogP contribution in [0, 0.1) is 6.92 Å². The van der Waals surface area contributed by atoms with Gasteiger partial charge in [0.05, 0.1) is 20.1 Å². The summed E-state index contributed by atoms with van der Waals surface area (Å²) >= 11 is 0. The van der Waals surface area contributed by atoms with Gasteiger partial charge in [-0.15, -0.1) is 0 Å². The number of carbonyl (C=O) groups is 1. The first kappa shape index (κ1) is 20.7. The van der Waals surface area contributed by atoms with E-state index in [1.807, 2.05) is 31.2 Å². The molecule has 2 rings (SSSR count). The van der Waals surface area contributed by atoms with E-state index in [0.717, 1.165) is 15.6 Å². The second-order valence-electron chi connectivity index (χ2n) is 6.07. The Morgan fingerprint density at radius 1 is 1.11 bits per heavy atom. The smallest absolute Gasteiger partial charge is 0.246 e. The number of nitrogens with one attached hydrogen (secondary N) is 1. The number of sulfonamides is 1. The largest absolute Gasteiger partial charge is 0.495 e. The van der Waals surface area contributed by atoms with E-state index in [1.54, 1.807) is 6.07 Å². The Morgan fingerprint density at radius 3 is 2.44 bits per heavy atom. The van der Waals surface area contributed by atoms with Gasteiger partial charge in [0.15, 0.2) is 0 Å². The number of hydrogen-bond donors (Lipinski definition) is 1. The predicted octanol–water partition coefficient (Wildman–Crippen LogP) is 2.66. The SMILES string of the molecule is COc1ccc(NC(=O)CCOc2ccccc2C)cc1S(=O)(=O)N(C)C. The molecule has 0 aliphatic heterocycles. The maximum absolute atomic E-state index is 12.4. The molecule has 0 fully saturated rings. The highest BCUT2D eigenvalue weighted by Gasteiger charge is 2.23. The highest BCUT2D eigenvalue weighted by atomic mass is 32.2. The highest BCUT2D eigenvalue weighted by molar-refractivity contribution is 7.89. The normalized spacial score (nSPS) is 11.3. The fraction of sp³-hybridized carbons (Fsp3) is 0.316. The van der Waals surface area contributed by atoms with Crippen molar-refractivity contribution < 1.29 is 22.7 Å². The number of para-hydroxylation sites is 1. The third-order valence-corrected chi connectivity index (χ3v) is 5.72. The van der Waals surface area contributed by atoms with Gasteiger partial charge in [-0.05, 0) is 36.8 Å². The zero-order valence-electron chi connectivity index (χ0n) is 15.9. The Morgan fingerprint density at radius 2 is 1.81 bits per heavy atom. The van der Waals surface area contributed by atoms with Gasteiger partial charge in [0, 0.05) is 19.8 Å². The predicted molar refractivity (Wildman–Crippen MR) is 104 cm³/mol. The molecular formula is C19H24N2O5S. The molecule has 8 heteroatoms. The van der Waals surface area contributed by atoms with Crippen LogP contribution in [0.5, 0.6) is 11.5 Å². The van der Waals surface area contributed by atoms with Gasteiger partial charge in [0.2, 0.25) is 15.9 Å². The summed E-state index contributed by atoms with van der Waals surface area (Å²) in [5, 5.41) is 2.69. The van der Waals surface area contributed by atoms with Crippen LogP contribution >= 0.6 is 0 Å². The first-order valence-electron chi connectivity index (χ1n) is 8.34. The number of nitrogens with zero attached hydrogens (tertiary/aromatic N) is 1. The fourth-order valence-corrected chi connectivity index (χ4v) is 3.42. The van der Waals surface area contributed by atoms with Crippen LogP contribution in [0.2, 0.25) is 0 Å². The molecule has 1 N–H and O–H groups in total. The molecule has 0 saturated heterocycles. The van der Waals surface area contributed by atoms with Crippen molar-refractivity contribution in [2.75, 3.05) is 33.1 Å². The van der Waals surface area contributed by atoms with E-state index in [4.69, 9.17) is 9.47 Å². The molecule has 0 unspecified atom stereocenters. The molecule has 27 heavy (non-hydrogen) atoms. The summed E-state index contributed by atoms with van der Waals surface area (Å²) < 4.78 is 36.7. The fourth-order valence-electron chi connectivity index (χ4n) is 2.35. The van der Waals surface area contributed by atoms with E-state index in [1.165, 1.54) is 33.3 Å². The van der Waals surface area contributed by atoms with Crippen molar-refractivity contribution in [1.29, 1.82) is 0 Å². The average Bonchev–Trinajstić information content (AvgIpc) is 2.63. The van der Waals surface area contributed by atoms with Crippen molar-refractivity contribution in [3.63, 3.8) is 0 Å². The molecule has 0 atom stereocenters. The number of rotatable bonds is 8. The summed E-state index contributed by atoms with van der Waals surface area (Å²) in [5.41, 5.74) is 1.36. The van der Waals surface area contributed by atoms with Gasteiger partial charge in [-0.25, -0.2) is 12.7 Å². The van der Waals surface area contributed by atoms with Crippen molar-refractivity contribution >= 4 is 21.6 Å². The van der Waals surface area contributed by atoms with Crippen molar-refractivity contribution in [1.82, 2.24) is 4.31 Å². The van der Waals surface area contributed by atoms with Gasteiger partial charge < -0.3 is 14.8 Å². The maximum Gasteiger partial charge on any atom is 0.246 e. The Bertz CT molecular complexity index is 910. The molecule has 2 aromatic rings. The third-order valence-electron chi connectivity index (χ3n) is 3.89. The van der Waals surface area contributed by atoms with E-state index in [0.29, 0.717) is 5.69 Å². The van der Waals surface area contributed by atoms with Crippen LogP contribution in [0.15, 0.2) is 47.4 Å². The van der Waals surface area contributed by atoms with E-state index in [-0.39, 0.29) is 29.6 Å². The van der Waals surface area contributed by atoms with Gasteiger partial charge in [-0.3, -0.25) is 4.79 Å². The number of carbonyl (C=O) groups excluding carboxylic acids is 1. The summed E-state index contributed by atoms with van der Waals surface area (Å²) in [6.07, 6.45) is 0.135. The molecule has 7 nitrogen and oxygen atoms in total. The van der Waals surface area contributed by atoms with Crippen LogP contribution in [0.1, 0.15) is 12.0 Å². The van der Waals surface area contributed by atoms with Gasteiger partial charge in [-0.1, -0.05) is 18.2 Å². The van der Waals surface area contributed by atoms with E-state index < -0.39 is 10.0 Å². The number of methoxy groups -OCH3 is 1. The number of hydrogen-bond acceptors (Lipinski definition) is 5. The lowest BCUT2D eigenvalue weighted by Crippen LogP contribution is -2.23. The lowest BCUT2D eigenvalue weighted by Gasteiger charge is -2.16. The number of anilines is 1. The van der Waals surface area contributed by atoms with Gasteiger partial charge in [0.1, 0.15) is 16.4 Å². The van der Waals surface area contributed by atoms with Crippen molar-refractivity contribution in [2.24, 2.45) is 0 Å². The third kappa shape index (κ3) is 5.21. The monoisotopic (exact) mass is 392 g/mol. The number of aryl methyl sites for hydroxylation is 1. The first-order valence-corrected chi connectivity index (χ1v) is 9.78. The topological polar surface area (TPSA) is 84.9 Å². The minimum absolute atomic E-state index is 0.0102. The number of ether oxygens (including phenoxy) is 2. The molecule has 1 amide bonds. The summed E-state index contributed by atoms with van der Waals surface area (Å²) in [4.78, 5) is 12.1. The van der Waals surface area contributed by atoms with Crippen LogP contribution in [0.4, 0.5) is 5.69 Å². The second kappa shape index (κ2) is 8.88. The molecule has 0 heterocycles. The minimum atomic E-state index is -3.70. The Labute approximate surface area is 160 Å². The Balaban J connectivity index is 2.04. The van der Waals surface area contributed by atoms with Gasteiger partial charge in [0.25, 0.3) is 0 Å². The molecule has 0 aromatic heterocycles. The van der Waals surface area contributed by atoms with E-state index >= 15 is 0 Å². The quantitative estimate of drug-likeness (QED) is 0.747. The Hall–Kier alpha value is -2.58. The van der Waals surface area contributed by atoms with Crippen LogP contribution in [-0.2, 0) is 14.8 Å². The maximum atomic E-state index is 12.4. The highest BCUT2D eigenvalue weighted by Crippen LogP contribution is 2.28. The summed E-state index contributed by atoms with van der Waals surface area (Å²) in [7, 11) is 0.558. The van der Waals surface area contributed by atoms with Gasteiger partial charge in [-0.2, -0.15) is 0 Å². The van der Waals surface area contributed by atoms with Crippen LogP contribution in [-0.4, -0.2) is 46.4 Å². The lowest BCUT2D eigenvalue weighted by molar-refractivity contribution is -0.116. The molecule has 0 bridgehead atoms. The number of amides is 1. The van der Waals surface area contributed by atoms with Crippen LogP contribution < -0.4 is 14.8 Å². The minimum Gasteiger partial charge on any atom is -0.495 e. The second-order valence-corrected chi connectivity index (χ2v) is 8.19. The molecule has 0 spiro atoms. The summed E-state index contributed by atoms with van der Waals surface area (Å²) in [5.74, 6) is 0.667. The molecule has 0 radical (unpaired) electrons. The Kier molecular flexibility index (Phi) is 6.81. The zero-order chi connectivity index (χ0) is 20.0. The number of benzene rings is 2. The first-order chi connectivity index (χ1) is 12.8. The van der Waals surface area contributed by atoms with Crippen LogP contribution in [0.25, 0.3) is 0 Å². The standard InChI is InChI=1S/C19H24N2O5S/c1-14-7-5-6-8-16(14)26-12-11-19(22)20-15-9-10-17(25-4)18(13-15)27(23,24)21(2)3/h5-10,13H,11-12H2,1-4H3,(H,20,22). The summed E-state index contributed by atoms with van der Waals surface area (Å²) in [6, 6.07) is 12.0.